The summed E-state index contributed by atoms with van der Waals surface area (Å²) in [7, 11) is 0. The van der Waals surface area contributed by atoms with E-state index < -0.39 is 0 Å². The van der Waals surface area contributed by atoms with Crippen LogP contribution in [0.15, 0.2) is 24.3 Å². The van der Waals surface area contributed by atoms with Crippen LogP contribution in [0.1, 0.15) is 24.8 Å². The molecule has 2 aliphatic rings. The number of anilines is 1. The molecule has 3 N–H and O–H groups in total. The number of likely N-dealkylation sites (tertiary alicyclic amines) is 1. The van der Waals surface area contributed by atoms with E-state index in [4.69, 9.17) is 18.0 Å². The van der Waals surface area contributed by atoms with Gasteiger partial charge in [-0.05, 0) is 43.5 Å². The maximum Gasteiger partial charge on any atom is 0.103 e. The molecule has 1 unspecified atom stereocenters. The maximum atomic E-state index is 5.59. The molecule has 1 aliphatic carbocycles. The van der Waals surface area contributed by atoms with Gasteiger partial charge in [0.15, 0.2) is 0 Å². The number of nitrogens with zero attached hydrogens (tertiary/aromatic N) is 1. The normalized spacial score (nSPS) is 24.1. The van der Waals surface area contributed by atoms with Crippen LogP contribution >= 0.6 is 12.2 Å². The van der Waals surface area contributed by atoms with Crippen molar-refractivity contribution >= 4 is 22.9 Å². The first-order valence-electron chi connectivity index (χ1n) is 6.63. The quantitative estimate of drug-likeness (QED) is 0.813. The Hall–Kier alpha value is -1.13. The summed E-state index contributed by atoms with van der Waals surface area (Å²) in [4.78, 5) is 3.07. The van der Waals surface area contributed by atoms with Gasteiger partial charge in [0.25, 0.3) is 0 Å². The number of hydrogen-bond donors (Lipinski definition) is 2. The van der Waals surface area contributed by atoms with Crippen molar-refractivity contribution in [3.63, 3.8) is 0 Å². The first-order valence-corrected chi connectivity index (χ1v) is 7.03. The molecule has 1 aromatic rings. The van der Waals surface area contributed by atoms with E-state index in [0.717, 1.165) is 17.3 Å². The zero-order valence-corrected chi connectivity index (χ0v) is 11.2. The lowest BCUT2D eigenvalue weighted by atomic mass is 10.2. The average molecular weight is 261 g/mol. The molecule has 0 amide bonds. The molecule has 3 rings (SSSR count). The van der Waals surface area contributed by atoms with E-state index in [1.54, 1.807) is 0 Å². The summed E-state index contributed by atoms with van der Waals surface area (Å²) in [6, 6.07) is 9.56. The number of hydrogen-bond acceptors (Lipinski definition) is 3. The second-order valence-corrected chi connectivity index (χ2v) is 5.74. The van der Waals surface area contributed by atoms with Gasteiger partial charge in [-0.1, -0.05) is 12.2 Å². The fraction of sp³-hybridized carbons (Fsp3) is 0.500. The number of nitrogens with one attached hydrogen (secondary N) is 1. The molecule has 1 atom stereocenters. The Labute approximate surface area is 113 Å². The van der Waals surface area contributed by atoms with Crippen molar-refractivity contribution in [3.05, 3.63) is 29.8 Å². The molecule has 1 saturated carbocycles. The van der Waals surface area contributed by atoms with Crippen LogP contribution < -0.4 is 11.1 Å². The zero-order valence-electron chi connectivity index (χ0n) is 10.4. The predicted octanol–water partition coefficient (Wildman–Crippen LogP) is 1.97. The standard InChI is InChI=1S/C14H19N3S/c15-14(18)10-1-3-11(4-2-10)16-12-7-8-17(9-12)13-5-6-13/h1-4,12-13,16H,5-9H2,(H2,15,18). The Kier molecular flexibility index (Phi) is 3.22. The van der Waals surface area contributed by atoms with E-state index in [0.29, 0.717) is 11.0 Å². The smallest absolute Gasteiger partial charge is 0.103 e. The van der Waals surface area contributed by atoms with Crippen LogP contribution in [0, 0.1) is 0 Å². The Morgan fingerprint density at radius 2 is 1.94 bits per heavy atom. The Morgan fingerprint density at radius 1 is 1.22 bits per heavy atom. The molecule has 2 fully saturated rings. The summed E-state index contributed by atoms with van der Waals surface area (Å²) in [6.45, 7) is 2.43. The van der Waals surface area contributed by atoms with Gasteiger partial charge in [-0.3, -0.25) is 4.90 Å². The summed E-state index contributed by atoms with van der Waals surface area (Å²) in [6.07, 6.45) is 4.04. The fourth-order valence-corrected chi connectivity index (χ4v) is 2.78. The lowest BCUT2D eigenvalue weighted by Gasteiger charge is -2.16. The van der Waals surface area contributed by atoms with E-state index in [1.807, 2.05) is 12.1 Å². The van der Waals surface area contributed by atoms with Gasteiger partial charge in [-0.2, -0.15) is 0 Å². The first kappa shape index (κ1) is 11.9. The number of nitrogens with two attached hydrogens (primary N) is 1. The number of thiocarbonyl (C=S) groups is 1. The molecule has 0 spiro atoms. The molecule has 96 valence electrons. The summed E-state index contributed by atoms with van der Waals surface area (Å²) in [5.74, 6) is 0. The second kappa shape index (κ2) is 4.86. The molecule has 1 aliphatic heterocycles. The van der Waals surface area contributed by atoms with E-state index in [9.17, 15) is 0 Å². The highest BCUT2D eigenvalue weighted by molar-refractivity contribution is 7.80. The second-order valence-electron chi connectivity index (χ2n) is 5.30. The highest BCUT2D eigenvalue weighted by atomic mass is 32.1. The van der Waals surface area contributed by atoms with E-state index in [1.165, 1.54) is 32.4 Å². The van der Waals surface area contributed by atoms with Crippen molar-refractivity contribution in [3.8, 4) is 0 Å². The van der Waals surface area contributed by atoms with Crippen molar-refractivity contribution in [2.45, 2.75) is 31.3 Å². The van der Waals surface area contributed by atoms with Crippen molar-refractivity contribution in [1.29, 1.82) is 0 Å². The Balaban J connectivity index is 1.57. The van der Waals surface area contributed by atoms with Gasteiger partial charge in [0.2, 0.25) is 0 Å². The van der Waals surface area contributed by atoms with Crippen LogP contribution in [0.2, 0.25) is 0 Å². The molecular weight excluding hydrogens is 242 g/mol. The predicted molar refractivity (Wildman–Crippen MR) is 79.0 cm³/mol. The van der Waals surface area contributed by atoms with Gasteiger partial charge in [0, 0.05) is 36.4 Å². The van der Waals surface area contributed by atoms with Gasteiger partial charge in [-0.25, -0.2) is 0 Å². The minimum absolute atomic E-state index is 0.460. The first-order chi connectivity index (χ1) is 8.72. The lowest BCUT2D eigenvalue weighted by Crippen LogP contribution is -2.27. The van der Waals surface area contributed by atoms with Crippen LogP contribution in [-0.2, 0) is 0 Å². The molecule has 0 aromatic heterocycles. The van der Waals surface area contributed by atoms with Crippen molar-refractivity contribution in [2.75, 3.05) is 18.4 Å². The number of rotatable bonds is 4. The minimum atomic E-state index is 0.460. The van der Waals surface area contributed by atoms with Gasteiger partial charge >= 0.3 is 0 Å². The highest BCUT2D eigenvalue weighted by Gasteiger charge is 2.34. The van der Waals surface area contributed by atoms with Gasteiger partial charge in [0.1, 0.15) is 4.99 Å². The number of benzene rings is 1. The lowest BCUT2D eigenvalue weighted by molar-refractivity contribution is 0.326. The molecule has 1 aromatic carbocycles. The van der Waals surface area contributed by atoms with Gasteiger partial charge < -0.3 is 11.1 Å². The fourth-order valence-electron chi connectivity index (χ4n) is 2.64. The molecular formula is C14H19N3S. The Morgan fingerprint density at radius 3 is 2.56 bits per heavy atom. The maximum absolute atomic E-state index is 5.59. The molecule has 3 nitrogen and oxygen atoms in total. The molecule has 1 heterocycles. The van der Waals surface area contributed by atoms with Gasteiger partial charge in [0.05, 0.1) is 0 Å². The SMILES string of the molecule is NC(=S)c1ccc(NC2CCN(C3CC3)C2)cc1. The summed E-state index contributed by atoms with van der Waals surface area (Å²) < 4.78 is 0. The van der Waals surface area contributed by atoms with Crippen LogP contribution in [0.4, 0.5) is 5.69 Å². The summed E-state index contributed by atoms with van der Waals surface area (Å²) in [5.41, 5.74) is 7.69. The van der Waals surface area contributed by atoms with E-state index in [2.05, 4.69) is 22.3 Å². The third-order valence-electron chi connectivity index (χ3n) is 3.82. The van der Waals surface area contributed by atoms with Crippen molar-refractivity contribution in [2.24, 2.45) is 5.73 Å². The van der Waals surface area contributed by atoms with E-state index in [-0.39, 0.29) is 0 Å². The Bertz CT molecular complexity index is 439. The van der Waals surface area contributed by atoms with Gasteiger partial charge in [-0.15, -0.1) is 0 Å². The topological polar surface area (TPSA) is 41.3 Å². The average Bonchev–Trinajstić information content (AvgIpc) is 3.11. The summed E-state index contributed by atoms with van der Waals surface area (Å²) in [5, 5.41) is 3.59. The van der Waals surface area contributed by atoms with Crippen molar-refractivity contribution in [1.82, 2.24) is 4.90 Å². The monoisotopic (exact) mass is 261 g/mol. The van der Waals surface area contributed by atoms with Crippen molar-refractivity contribution < 1.29 is 0 Å². The van der Waals surface area contributed by atoms with Crippen LogP contribution in [-0.4, -0.2) is 35.1 Å². The molecule has 18 heavy (non-hydrogen) atoms. The van der Waals surface area contributed by atoms with E-state index >= 15 is 0 Å². The highest BCUT2D eigenvalue weighted by Crippen LogP contribution is 2.30. The third-order valence-corrected chi connectivity index (χ3v) is 4.06. The molecule has 0 radical (unpaired) electrons. The van der Waals surface area contributed by atoms with Crippen LogP contribution in [0.3, 0.4) is 0 Å². The molecule has 1 saturated heterocycles. The molecule has 0 bridgehead atoms. The van der Waals surface area contributed by atoms with Crippen LogP contribution in [0.5, 0.6) is 0 Å². The minimum Gasteiger partial charge on any atom is -0.389 e. The molecule has 4 heteroatoms. The largest absolute Gasteiger partial charge is 0.389 e. The van der Waals surface area contributed by atoms with Crippen LogP contribution in [0.25, 0.3) is 0 Å². The summed E-state index contributed by atoms with van der Waals surface area (Å²) >= 11 is 4.95. The third kappa shape index (κ3) is 2.65. The zero-order chi connectivity index (χ0) is 12.5.